The first kappa shape index (κ1) is 12.4. The van der Waals surface area contributed by atoms with E-state index in [4.69, 9.17) is 18.0 Å². The molecule has 3 N–H and O–H groups in total. The molecule has 2 rings (SSSR count). The number of rotatable bonds is 2. The molecule has 18 heavy (non-hydrogen) atoms. The highest BCUT2D eigenvalue weighted by Gasteiger charge is 2.31. The molecule has 5 nitrogen and oxygen atoms in total. The van der Waals surface area contributed by atoms with Crippen LogP contribution in [-0.2, 0) is 0 Å². The predicted molar refractivity (Wildman–Crippen MR) is 59.8 cm³/mol. The number of anilines is 1. The molecule has 0 spiro atoms. The van der Waals surface area contributed by atoms with E-state index in [1.807, 2.05) is 0 Å². The molecule has 0 saturated carbocycles. The summed E-state index contributed by atoms with van der Waals surface area (Å²) in [6.45, 7) is 0. The Morgan fingerprint density at radius 3 is 2.67 bits per heavy atom. The van der Waals surface area contributed by atoms with Crippen LogP contribution < -0.4 is 10.5 Å². The average Bonchev–Trinajstić information content (AvgIpc) is 2.56. The zero-order valence-electron chi connectivity index (χ0n) is 8.73. The number of nitrogens with two attached hydrogens (primary N) is 1. The summed E-state index contributed by atoms with van der Waals surface area (Å²) in [7, 11) is 0. The van der Waals surface area contributed by atoms with Crippen molar-refractivity contribution in [3.63, 3.8) is 0 Å². The first-order valence-corrected chi connectivity index (χ1v) is 5.07. The smallest absolute Gasteiger partial charge is 0.406 e. The number of hydrogen-bond acceptors (Lipinski definition) is 4. The minimum atomic E-state index is -4.75. The molecule has 2 aromatic rings. The number of aromatic amines is 1. The van der Waals surface area contributed by atoms with Crippen molar-refractivity contribution in [3.05, 3.63) is 29.0 Å². The summed E-state index contributed by atoms with van der Waals surface area (Å²) < 4.78 is 41.5. The Morgan fingerprint density at radius 1 is 1.39 bits per heavy atom. The van der Waals surface area contributed by atoms with Gasteiger partial charge in [-0.3, -0.25) is 4.57 Å². The van der Waals surface area contributed by atoms with Crippen LogP contribution in [0.25, 0.3) is 5.69 Å². The van der Waals surface area contributed by atoms with E-state index in [1.165, 1.54) is 22.8 Å². The number of halogens is 3. The average molecular weight is 276 g/mol. The van der Waals surface area contributed by atoms with Crippen molar-refractivity contribution in [2.75, 3.05) is 5.73 Å². The molecule has 0 atom stereocenters. The number of alkyl halides is 3. The van der Waals surface area contributed by atoms with Crippen LogP contribution >= 0.6 is 12.2 Å². The SMILES string of the molecule is Nc1n[nH]c(=S)n1-c1cccc(OC(F)(F)F)c1. The first-order chi connectivity index (χ1) is 8.37. The van der Waals surface area contributed by atoms with E-state index in [9.17, 15) is 13.2 Å². The van der Waals surface area contributed by atoms with Crippen molar-refractivity contribution in [1.29, 1.82) is 0 Å². The van der Waals surface area contributed by atoms with Crippen LogP contribution in [0, 0.1) is 4.77 Å². The normalized spacial score (nSPS) is 11.5. The summed E-state index contributed by atoms with van der Waals surface area (Å²) >= 11 is 4.91. The van der Waals surface area contributed by atoms with Gasteiger partial charge in [0.25, 0.3) is 0 Å². The van der Waals surface area contributed by atoms with Gasteiger partial charge in [-0.15, -0.1) is 18.3 Å². The molecular formula is C9H7F3N4OS. The summed E-state index contributed by atoms with van der Waals surface area (Å²) in [5, 5.41) is 6.09. The van der Waals surface area contributed by atoms with Gasteiger partial charge in [-0.1, -0.05) is 6.07 Å². The van der Waals surface area contributed by atoms with Gasteiger partial charge in [0.2, 0.25) is 10.7 Å². The minimum Gasteiger partial charge on any atom is -0.406 e. The maximum Gasteiger partial charge on any atom is 0.573 e. The van der Waals surface area contributed by atoms with Gasteiger partial charge < -0.3 is 10.5 Å². The van der Waals surface area contributed by atoms with E-state index >= 15 is 0 Å². The van der Waals surface area contributed by atoms with E-state index in [0.29, 0.717) is 5.69 Å². The standard InChI is InChI=1S/C9H7F3N4OS/c10-9(11,12)17-6-3-1-2-5(4-6)16-7(13)14-15-8(16)18/h1-4H,(H2,13,14)(H,15,18). The number of hydrogen-bond donors (Lipinski definition) is 2. The van der Waals surface area contributed by atoms with E-state index in [0.717, 1.165) is 6.07 Å². The van der Waals surface area contributed by atoms with Crippen molar-refractivity contribution in [3.8, 4) is 11.4 Å². The first-order valence-electron chi connectivity index (χ1n) is 4.66. The lowest BCUT2D eigenvalue weighted by Gasteiger charge is -2.10. The molecule has 9 heteroatoms. The van der Waals surface area contributed by atoms with Gasteiger partial charge in [0, 0.05) is 6.07 Å². The Balaban J connectivity index is 2.42. The molecule has 0 bridgehead atoms. The van der Waals surface area contributed by atoms with Crippen LogP contribution in [0.4, 0.5) is 19.1 Å². The van der Waals surface area contributed by atoms with Gasteiger partial charge in [-0.2, -0.15) is 0 Å². The zero-order valence-corrected chi connectivity index (χ0v) is 9.55. The maximum atomic E-state index is 12.1. The molecule has 0 fully saturated rings. The second-order valence-electron chi connectivity index (χ2n) is 3.27. The lowest BCUT2D eigenvalue weighted by molar-refractivity contribution is -0.274. The summed E-state index contributed by atoms with van der Waals surface area (Å²) in [5.41, 5.74) is 5.87. The number of benzene rings is 1. The number of nitrogen functional groups attached to an aromatic ring is 1. The molecule has 0 aliphatic carbocycles. The van der Waals surface area contributed by atoms with Crippen LogP contribution in [0.15, 0.2) is 24.3 Å². The summed E-state index contributed by atoms with van der Waals surface area (Å²) in [6, 6.07) is 5.27. The van der Waals surface area contributed by atoms with E-state index in [2.05, 4.69) is 14.9 Å². The molecule has 0 saturated heterocycles. The molecular weight excluding hydrogens is 269 g/mol. The largest absolute Gasteiger partial charge is 0.573 e. The highest BCUT2D eigenvalue weighted by atomic mass is 32.1. The Hall–Kier alpha value is -2.03. The molecule has 1 aromatic carbocycles. The summed E-state index contributed by atoms with van der Waals surface area (Å²) in [4.78, 5) is 0. The lowest BCUT2D eigenvalue weighted by Crippen LogP contribution is -2.17. The number of ether oxygens (including phenoxy) is 1. The second-order valence-corrected chi connectivity index (χ2v) is 3.65. The van der Waals surface area contributed by atoms with Gasteiger partial charge in [-0.25, -0.2) is 5.10 Å². The Morgan fingerprint density at radius 2 is 2.11 bits per heavy atom. The fourth-order valence-electron chi connectivity index (χ4n) is 1.38. The number of aromatic nitrogens is 3. The summed E-state index contributed by atoms with van der Waals surface area (Å²) in [6.07, 6.45) is -4.75. The molecule has 0 amide bonds. The highest BCUT2D eigenvalue weighted by Crippen LogP contribution is 2.25. The van der Waals surface area contributed by atoms with Gasteiger partial charge in [0.15, 0.2) is 0 Å². The van der Waals surface area contributed by atoms with E-state index < -0.39 is 6.36 Å². The number of nitrogens with one attached hydrogen (secondary N) is 1. The monoisotopic (exact) mass is 276 g/mol. The van der Waals surface area contributed by atoms with Crippen LogP contribution in [-0.4, -0.2) is 21.1 Å². The van der Waals surface area contributed by atoms with E-state index in [1.54, 1.807) is 0 Å². The second kappa shape index (κ2) is 4.33. The van der Waals surface area contributed by atoms with Gasteiger partial charge in [-0.05, 0) is 24.4 Å². The lowest BCUT2D eigenvalue weighted by atomic mass is 10.3. The molecule has 1 aromatic heterocycles. The molecule has 0 aliphatic heterocycles. The van der Waals surface area contributed by atoms with Gasteiger partial charge in [0.05, 0.1) is 5.69 Å². The minimum absolute atomic E-state index is 0.0455. The number of nitrogens with zero attached hydrogens (tertiary/aromatic N) is 2. The third-order valence-electron chi connectivity index (χ3n) is 2.01. The summed E-state index contributed by atoms with van der Waals surface area (Å²) in [5.74, 6) is -0.313. The maximum absolute atomic E-state index is 12.1. The van der Waals surface area contributed by atoms with Crippen LogP contribution in [0.1, 0.15) is 0 Å². The zero-order chi connectivity index (χ0) is 13.3. The molecule has 96 valence electrons. The van der Waals surface area contributed by atoms with Crippen molar-refractivity contribution >= 4 is 18.2 Å². The Kier molecular flexibility index (Phi) is 2.99. The van der Waals surface area contributed by atoms with Crippen molar-refractivity contribution in [2.24, 2.45) is 0 Å². The quantitative estimate of drug-likeness (QED) is 0.826. The van der Waals surface area contributed by atoms with Crippen molar-refractivity contribution in [1.82, 2.24) is 14.8 Å². The number of H-pyrrole nitrogens is 1. The van der Waals surface area contributed by atoms with Gasteiger partial charge in [0.1, 0.15) is 5.75 Å². The van der Waals surface area contributed by atoms with Gasteiger partial charge >= 0.3 is 6.36 Å². The predicted octanol–water partition coefficient (Wildman–Crippen LogP) is 2.41. The topological polar surface area (TPSA) is 68.9 Å². The molecule has 1 heterocycles. The highest BCUT2D eigenvalue weighted by molar-refractivity contribution is 7.71. The fourth-order valence-corrected chi connectivity index (χ4v) is 1.62. The van der Waals surface area contributed by atoms with E-state index in [-0.39, 0.29) is 16.5 Å². The Labute approximate surface area is 104 Å². The molecule has 0 radical (unpaired) electrons. The third kappa shape index (κ3) is 2.62. The fraction of sp³-hybridized carbons (Fsp3) is 0.111. The van der Waals surface area contributed by atoms with Crippen LogP contribution in [0.5, 0.6) is 5.75 Å². The third-order valence-corrected chi connectivity index (χ3v) is 2.28. The van der Waals surface area contributed by atoms with Crippen LogP contribution in [0.2, 0.25) is 0 Å². The molecule has 0 aliphatic rings. The molecule has 0 unspecified atom stereocenters. The Bertz CT molecular complexity index is 619. The van der Waals surface area contributed by atoms with Crippen molar-refractivity contribution < 1.29 is 17.9 Å². The van der Waals surface area contributed by atoms with Crippen molar-refractivity contribution in [2.45, 2.75) is 6.36 Å². The van der Waals surface area contributed by atoms with Crippen LogP contribution in [0.3, 0.4) is 0 Å².